The van der Waals surface area contributed by atoms with E-state index in [1.165, 1.54) is 5.56 Å². The van der Waals surface area contributed by atoms with Gasteiger partial charge in [0.05, 0.1) is 0 Å². The van der Waals surface area contributed by atoms with Crippen LogP contribution in [0.1, 0.15) is 12.5 Å². The van der Waals surface area contributed by atoms with Gasteiger partial charge in [-0.05, 0) is 19.4 Å². The summed E-state index contributed by atoms with van der Waals surface area (Å²) in [6.07, 6.45) is -2.37. The first-order valence-electron chi connectivity index (χ1n) is 5.42. The van der Waals surface area contributed by atoms with Crippen molar-refractivity contribution in [3.05, 3.63) is 30.1 Å². The van der Waals surface area contributed by atoms with Crippen molar-refractivity contribution in [3.63, 3.8) is 0 Å². The standard InChI is InChI=1S/C8H12N.C2BF8/c1-3-9-6-4-8(2)5-7-9;4-1(5,2(6,7)8)3(9,10)11/h4-7H,3H2,1-2H3;/q+1;-1. The molecule has 0 aliphatic heterocycles. The Hall–Kier alpha value is -1.35. The van der Waals surface area contributed by atoms with Gasteiger partial charge >= 0.3 is 19.0 Å². The largest absolute Gasteiger partial charge is 0.558 e. The first-order valence-corrected chi connectivity index (χ1v) is 5.42. The van der Waals surface area contributed by atoms with E-state index in [0.717, 1.165) is 6.54 Å². The van der Waals surface area contributed by atoms with E-state index in [1.807, 2.05) is 0 Å². The maximum Gasteiger partial charge on any atom is 0.558 e. The van der Waals surface area contributed by atoms with Crippen molar-refractivity contribution < 1.29 is 39.5 Å². The molecule has 0 atom stereocenters. The fraction of sp³-hybridized carbons (Fsp3) is 0.500. The summed E-state index contributed by atoms with van der Waals surface area (Å²) in [6.45, 7) is -1.92. The van der Waals surface area contributed by atoms with Crippen molar-refractivity contribution in [1.29, 1.82) is 0 Å². The molecule has 0 amide bonds. The third-order valence-electron chi connectivity index (χ3n) is 2.21. The SMILES string of the molecule is CC[n+]1ccc(C)cc1.F[B-](F)(F)C(F)(F)C(F)(F)F. The molecule has 1 aromatic rings. The Morgan fingerprint density at radius 1 is 1.00 bits per heavy atom. The topological polar surface area (TPSA) is 3.88 Å². The third kappa shape index (κ3) is 4.97. The van der Waals surface area contributed by atoms with Crippen LogP contribution in [0.3, 0.4) is 0 Å². The Morgan fingerprint density at radius 3 is 1.60 bits per heavy atom. The van der Waals surface area contributed by atoms with Gasteiger partial charge in [0.15, 0.2) is 12.4 Å². The lowest BCUT2D eigenvalue weighted by atomic mass is 9.80. The van der Waals surface area contributed by atoms with Gasteiger partial charge in [0.25, 0.3) is 0 Å². The molecule has 0 aliphatic rings. The number of halogens is 8. The number of aromatic nitrogens is 1. The van der Waals surface area contributed by atoms with Gasteiger partial charge in [-0.25, -0.2) is 13.3 Å². The van der Waals surface area contributed by atoms with E-state index >= 15 is 0 Å². The molecule has 0 bridgehead atoms. The summed E-state index contributed by atoms with van der Waals surface area (Å²) < 4.78 is 90.0. The zero-order chi connectivity index (χ0) is 16.2. The number of pyridine rings is 1. The highest BCUT2D eigenvalue weighted by atomic mass is 19.4. The Morgan fingerprint density at radius 2 is 1.40 bits per heavy atom. The van der Waals surface area contributed by atoms with E-state index in [0.29, 0.717) is 0 Å². The Labute approximate surface area is 110 Å². The predicted molar refractivity (Wildman–Crippen MR) is 57.1 cm³/mol. The van der Waals surface area contributed by atoms with Gasteiger partial charge in [0, 0.05) is 12.1 Å². The molecule has 0 saturated carbocycles. The van der Waals surface area contributed by atoms with Crippen LogP contribution < -0.4 is 4.57 Å². The van der Waals surface area contributed by atoms with E-state index in [2.05, 4.69) is 42.9 Å². The zero-order valence-corrected chi connectivity index (χ0v) is 10.6. The van der Waals surface area contributed by atoms with E-state index in [4.69, 9.17) is 0 Å². The Kier molecular flexibility index (Phi) is 5.97. The van der Waals surface area contributed by atoms with Gasteiger partial charge in [-0.1, -0.05) is 0 Å². The molecule has 0 aromatic carbocycles. The molecule has 1 rings (SSSR count). The maximum atomic E-state index is 11.2. The van der Waals surface area contributed by atoms with Crippen LogP contribution in [0.2, 0.25) is 0 Å². The van der Waals surface area contributed by atoms with Gasteiger partial charge in [0.1, 0.15) is 6.54 Å². The zero-order valence-electron chi connectivity index (χ0n) is 10.6. The van der Waals surface area contributed by atoms with E-state index in [9.17, 15) is 34.9 Å². The Bertz CT molecular complexity index is 393. The molecule has 10 heteroatoms. The highest BCUT2D eigenvalue weighted by molar-refractivity contribution is 6.61. The summed E-state index contributed by atoms with van der Waals surface area (Å²) in [5, 5.41) is 0. The summed E-state index contributed by atoms with van der Waals surface area (Å²) in [4.78, 5) is 0. The van der Waals surface area contributed by atoms with Gasteiger partial charge in [-0.2, -0.15) is 13.2 Å². The minimum atomic E-state index is -7.21. The molecule has 0 unspecified atom stereocenters. The van der Waals surface area contributed by atoms with Gasteiger partial charge < -0.3 is 12.9 Å². The highest BCUT2D eigenvalue weighted by Crippen LogP contribution is 2.43. The molecule has 116 valence electrons. The molecule has 0 fully saturated rings. The van der Waals surface area contributed by atoms with Crippen molar-refractivity contribution in [3.8, 4) is 0 Å². The molecular weight excluding hydrogens is 297 g/mol. The van der Waals surface area contributed by atoms with Crippen LogP contribution in [0.25, 0.3) is 0 Å². The van der Waals surface area contributed by atoms with Gasteiger partial charge in [0.2, 0.25) is 0 Å². The lowest BCUT2D eigenvalue weighted by Crippen LogP contribution is -2.53. The van der Waals surface area contributed by atoms with Crippen molar-refractivity contribution in [2.45, 2.75) is 32.4 Å². The lowest BCUT2D eigenvalue weighted by molar-refractivity contribution is -0.693. The number of rotatable bonds is 2. The summed E-state index contributed by atoms with van der Waals surface area (Å²) in [5.41, 5.74) is 1.32. The fourth-order valence-electron chi connectivity index (χ4n) is 0.928. The summed E-state index contributed by atoms with van der Waals surface area (Å²) in [7, 11) is 0. The third-order valence-corrected chi connectivity index (χ3v) is 2.21. The average molecular weight is 309 g/mol. The van der Waals surface area contributed by atoms with Crippen LogP contribution in [0.5, 0.6) is 0 Å². The number of nitrogens with zero attached hydrogens (tertiary/aromatic N) is 1. The Balaban J connectivity index is 0.000000367. The predicted octanol–water partition coefficient (Wildman–Crippen LogP) is 3.87. The first kappa shape index (κ1) is 18.7. The maximum absolute atomic E-state index is 11.2. The summed E-state index contributed by atoms with van der Waals surface area (Å²) >= 11 is 0. The van der Waals surface area contributed by atoms with Crippen LogP contribution in [0.15, 0.2) is 24.5 Å². The van der Waals surface area contributed by atoms with Crippen LogP contribution in [-0.4, -0.2) is 19.0 Å². The normalized spacial score (nSPS) is 12.7. The minimum Gasteiger partial charge on any atom is -0.445 e. The number of aryl methyl sites for hydroxylation is 2. The molecule has 1 aromatic heterocycles. The van der Waals surface area contributed by atoms with Crippen LogP contribution in [0.4, 0.5) is 34.9 Å². The van der Waals surface area contributed by atoms with Crippen molar-refractivity contribution in [2.75, 3.05) is 0 Å². The molecule has 0 radical (unpaired) electrons. The smallest absolute Gasteiger partial charge is 0.445 e. The summed E-state index contributed by atoms with van der Waals surface area (Å²) in [6, 6.07) is 4.23. The molecule has 1 nitrogen and oxygen atoms in total. The van der Waals surface area contributed by atoms with Crippen molar-refractivity contribution in [2.24, 2.45) is 0 Å². The van der Waals surface area contributed by atoms with Gasteiger partial charge in [-0.15, -0.1) is 0 Å². The van der Waals surface area contributed by atoms with Crippen molar-refractivity contribution >= 4 is 6.98 Å². The second kappa shape index (κ2) is 6.40. The molecule has 0 saturated heterocycles. The van der Waals surface area contributed by atoms with E-state index in [-0.39, 0.29) is 0 Å². The number of alkyl halides is 5. The van der Waals surface area contributed by atoms with E-state index in [1.54, 1.807) is 0 Å². The van der Waals surface area contributed by atoms with E-state index < -0.39 is 19.0 Å². The van der Waals surface area contributed by atoms with Crippen LogP contribution in [0, 0.1) is 6.92 Å². The molecule has 0 N–H and O–H groups in total. The highest BCUT2D eigenvalue weighted by Gasteiger charge is 2.69. The molecule has 1 heterocycles. The molecular formula is C10H12BF8N. The molecule has 0 aliphatic carbocycles. The van der Waals surface area contributed by atoms with Crippen LogP contribution in [-0.2, 0) is 6.54 Å². The molecule has 20 heavy (non-hydrogen) atoms. The average Bonchev–Trinajstić information content (AvgIpc) is 2.28. The number of hydrogen-bond acceptors (Lipinski definition) is 0. The quantitative estimate of drug-likeness (QED) is 0.443. The minimum absolute atomic E-state index is 1.06. The monoisotopic (exact) mass is 309 g/mol. The second-order valence-corrected chi connectivity index (χ2v) is 3.90. The fourth-order valence-corrected chi connectivity index (χ4v) is 0.928. The van der Waals surface area contributed by atoms with Crippen LogP contribution >= 0.6 is 0 Å². The first-order chi connectivity index (χ1) is 8.83. The van der Waals surface area contributed by atoms with Gasteiger partial charge in [-0.3, -0.25) is 0 Å². The molecule has 0 spiro atoms. The van der Waals surface area contributed by atoms with Crippen molar-refractivity contribution in [1.82, 2.24) is 0 Å². The summed E-state index contributed by atoms with van der Waals surface area (Å²) in [5.74, 6) is -6.56. The lowest BCUT2D eigenvalue weighted by Gasteiger charge is -2.28. The second-order valence-electron chi connectivity index (χ2n) is 3.90. The number of hydrogen-bond donors (Lipinski definition) is 0.